The van der Waals surface area contributed by atoms with Gasteiger partial charge < -0.3 is 0 Å². The first kappa shape index (κ1) is 23.1. The molecule has 0 fully saturated rings. The van der Waals surface area contributed by atoms with Crippen LogP contribution in [-0.2, 0) is 14.6 Å². The van der Waals surface area contributed by atoms with E-state index < -0.39 is 20.5 Å². The van der Waals surface area contributed by atoms with Gasteiger partial charge in [0.05, 0.1) is 0 Å². The number of hydrogen-bond donors (Lipinski definition) is 2. The zero-order valence-electron chi connectivity index (χ0n) is 17.1. The van der Waals surface area contributed by atoms with Crippen LogP contribution in [0.5, 0.6) is 0 Å². The van der Waals surface area contributed by atoms with Crippen molar-refractivity contribution in [1.82, 2.24) is 10.4 Å². The van der Waals surface area contributed by atoms with Crippen molar-refractivity contribution in [3.63, 3.8) is 0 Å². The molecule has 1 radical (unpaired) electrons. The molecule has 1 amide bonds. The summed E-state index contributed by atoms with van der Waals surface area (Å²) in [6, 6.07) is 8.18. The number of amides is 1. The number of sulfone groups is 1. The van der Waals surface area contributed by atoms with E-state index in [9.17, 15) is 13.2 Å². The zero-order chi connectivity index (χ0) is 21.5. The van der Waals surface area contributed by atoms with Crippen molar-refractivity contribution in [2.24, 2.45) is 0 Å². The minimum atomic E-state index is -3.67. The summed E-state index contributed by atoms with van der Waals surface area (Å²) in [5, 5.41) is 8.91. The maximum Gasteiger partial charge on any atom is 0.264 e. The third kappa shape index (κ3) is 5.92. The van der Waals surface area contributed by atoms with Crippen molar-refractivity contribution in [2.75, 3.05) is 25.9 Å². The molecule has 0 saturated heterocycles. The van der Waals surface area contributed by atoms with Crippen LogP contribution in [0, 0.1) is 18.8 Å². The molecule has 0 spiro atoms. The maximum atomic E-state index is 12.1. The van der Waals surface area contributed by atoms with Gasteiger partial charge in [0, 0.05) is 37.9 Å². The molecule has 0 bridgehead atoms. The monoisotopic (exact) mass is 417 g/mol. The van der Waals surface area contributed by atoms with E-state index in [0.29, 0.717) is 13.1 Å². The number of hydroxylamine groups is 1. The summed E-state index contributed by atoms with van der Waals surface area (Å²) in [7, 11) is -3.67. The molecule has 1 atom stereocenters. The van der Waals surface area contributed by atoms with E-state index in [1.54, 1.807) is 0 Å². The van der Waals surface area contributed by atoms with Crippen LogP contribution >= 0.6 is 0 Å². The lowest BCUT2D eigenvalue weighted by Gasteiger charge is -2.31. The van der Waals surface area contributed by atoms with Crippen molar-refractivity contribution >= 4 is 21.3 Å². The lowest BCUT2D eigenvalue weighted by molar-refractivity contribution is -0.131. The standard InChI is InChI=1S/C22H29N2O4S/c1-4-5-6-7-18-8-10-19(11-9-18)20-12-15-24(16-13-20)17-14-22(2,21(25)23-26)29(3,27)28/h8-12,26H,1,4-5,13-17H2,2-3H3,(H,23,25). The summed E-state index contributed by atoms with van der Waals surface area (Å²) < 4.78 is 22.5. The third-order valence-electron chi connectivity index (χ3n) is 5.39. The first-order chi connectivity index (χ1) is 13.7. The molecule has 6 nitrogen and oxygen atoms in total. The van der Waals surface area contributed by atoms with Gasteiger partial charge in [-0.25, -0.2) is 13.9 Å². The fraction of sp³-hybridized carbons (Fsp3) is 0.455. The first-order valence-corrected chi connectivity index (χ1v) is 11.5. The van der Waals surface area contributed by atoms with Gasteiger partial charge in [0.15, 0.2) is 14.6 Å². The number of nitrogens with zero attached hydrogens (tertiary/aromatic N) is 1. The lowest BCUT2D eigenvalue weighted by Crippen LogP contribution is -2.51. The number of unbranched alkanes of at least 4 members (excludes halogenated alkanes) is 1. The van der Waals surface area contributed by atoms with Crippen molar-refractivity contribution in [3.8, 4) is 11.8 Å². The SMILES string of the molecule is [CH2]CCC#Cc1ccc(C2=CCN(CCC(C)(C(=O)NO)S(C)(=O)=O)CC2)cc1. The molecular formula is C22H29N2O4S. The molecule has 2 N–H and O–H groups in total. The van der Waals surface area contributed by atoms with Crippen molar-refractivity contribution < 1.29 is 18.4 Å². The Balaban J connectivity index is 1.99. The van der Waals surface area contributed by atoms with Gasteiger partial charge in [0.1, 0.15) is 0 Å². The fourth-order valence-corrected chi connectivity index (χ4v) is 4.00. The van der Waals surface area contributed by atoms with Crippen molar-refractivity contribution in [3.05, 3.63) is 48.4 Å². The number of carbonyl (C=O) groups is 1. The molecule has 0 aromatic heterocycles. The van der Waals surface area contributed by atoms with Crippen LogP contribution in [0.2, 0.25) is 0 Å². The number of nitrogens with one attached hydrogen (secondary N) is 1. The second-order valence-electron chi connectivity index (χ2n) is 7.46. The van der Waals surface area contributed by atoms with Gasteiger partial charge in [-0.3, -0.25) is 14.9 Å². The van der Waals surface area contributed by atoms with E-state index in [1.807, 2.05) is 12.1 Å². The van der Waals surface area contributed by atoms with Gasteiger partial charge in [0.25, 0.3) is 5.91 Å². The average Bonchev–Trinajstić information content (AvgIpc) is 2.71. The van der Waals surface area contributed by atoms with Crippen molar-refractivity contribution in [2.45, 2.75) is 37.4 Å². The Labute approximate surface area is 173 Å². The van der Waals surface area contributed by atoms with E-state index in [-0.39, 0.29) is 6.42 Å². The van der Waals surface area contributed by atoms with E-state index in [2.05, 4.69) is 41.9 Å². The normalized spacial score (nSPS) is 16.9. The van der Waals surface area contributed by atoms with Crippen LogP contribution in [0.25, 0.3) is 5.57 Å². The van der Waals surface area contributed by atoms with Gasteiger partial charge in [-0.1, -0.05) is 37.0 Å². The van der Waals surface area contributed by atoms with Crippen molar-refractivity contribution in [1.29, 1.82) is 0 Å². The van der Waals surface area contributed by atoms with Crippen LogP contribution < -0.4 is 5.48 Å². The van der Waals surface area contributed by atoms with Gasteiger partial charge in [-0.05, 0) is 49.5 Å². The van der Waals surface area contributed by atoms with E-state index in [1.165, 1.54) is 18.0 Å². The molecule has 7 heteroatoms. The summed E-state index contributed by atoms with van der Waals surface area (Å²) in [4.78, 5) is 14.0. The summed E-state index contributed by atoms with van der Waals surface area (Å²) in [6.07, 6.45) is 5.71. The minimum absolute atomic E-state index is 0.113. The highest BCUT2D eigenvalue weighted by atomic mass is 32.2. The molecule has 1 aliphatic heterocycles. The Morgan fingerprint density at radius 3 is 2.55 bits per heavy atom. The topological polar surface area (TPSA) is 86.7 Å². The second kappa shape index (κ2) is 10.1. The molecular weight excluding hydrogens is 388 g/mol. The van der Waals surface area contributed by atoms with Crippen LogP contribution in [0.4, 0.5) is 0 Å². The quantitative estimate of drug-likeness (QED) is 0.404. The molecule has 0 aliphatic carbocycles. The Kier molecular flexibility index (Phi) is 8.03. The summed E-state index contributed by atoms with van der Waals surface area (Å²) in [5.41, 5.74) is 4.88. The number of rotatable bonds is 7. The predicted molar refractivity (Wildman–Crippen MR) is 115 cm³/mol. The smallest absolute Gasteiger partial charge is 0.264 e. The van der Waals surface area contributed by atoms with Crippen LogP contribution in [0.15, 0.2) is 30.3 Å². The van der Waals surface area contributed by atoms with Gasteiger partial charge in [0.2, 0.25) is 0 Å². The molecule has 1 heterocycles. The molecule has 2 rings (SSSR count). The highest BCUT2D eigenvalue weighted by Gasteiger charge is 2.43. The van der Waals surface area contributed by atoms with E-state index in [0.717, 1.165) is 43.2 Å². The zero-order valence-corrected chi connectivity index (χ0v) is 17.9. The third-order valence-corrected chi connectivity index (χ3v) is 7.42. The molecule has 1 aliphatic rings. The molecule has 1 aromatic rings. The number of hydrogen-bond acceptors (Lipinski definition) is 5. The Hall–Kier alpha value is -2.14. The molecule has 157 valence electrons. The highest BCUT2D eigenvalue weighted by molar-refractivity contribution is 7.92. The summed E-state index contributed by atoms with van der Waals surface area (Å²) >= 11 is 0. The molecule has 1 aromatic carbocycles. The highest BCUT2D eigenvalue weighted by Crippen LogP contribution is 2.25. The van der Waals surface area contributed by atoms with Crippen LogP contribution in [-0.4, -0.2) is 55.1 Å². The van der Waals surface area contributed by atoms with E-state index >= 15 is 0 Å². The summed E-state index contributed by atoms with van der Waals surface area (Å²) in [6.45, 7) is 7.03. The summed E-state index contributed by atoms with van der Waals surface area (Å²) in [5.74, 6) is 5.31. The van der Waals surface area contributed by atoms with Crippen LogP contribution in [0.3, 0.4) is 0 Å². The van der Waals surface area contributed by atoms with Gasteiger partial charge in [-0.2, -0.15) is 0 Å². The maximum absolute atomic E-state index is 12.1. The molecule has 0 saturated carbocycles. The predicted octanol–water partition coefficient (Wildman–Crippen LogP) is 2.44. The Morgan fingerprint density at radius 1 is 1.34 bits per heavy atom. The Bertz CT molecular complexity index is 910. The average molecular weight is 418 g/mol. The minimum Gasteiger partial charge on any atom is -0.299 e. The first-order valence-electron chi connectivity index (χ1n) is 9.65. The number of carbonyl (C=O) groups excluding carboxylic acids is 1. The van der Waals surface area contributed by atoms with Crippen LogP contribution in [0.1, 0.15) is 43.7 Å². The Morgan fingerprint density at radius 2 is 2.03 bits per heavy atom. The van der Waals surface area contributed by atoms with E-state index in [4.69, 9.17) is 5.21 Å². The molecule has 1 unspecified atom stereocenters. The lowest BCUT2D eigenvalue weighted by atomic mass is 9.98. The second-order valence-corrected chi connectivity index (χ2v) is 9.90. The van der Waals surface area contributed by atoms with Gasteiger partial charge in [-0.15, -0.1) is 0 Å². The van der Waals surface area contributed by atoms with Gasteiger partial charge >= 0.3 is 0 Å². The molecule has 29 heavy (non-hydrogen) atoms. The largest absolute Gasteiger partial charge is 0.299 e. The number of benzene rings is 1. The fourth-order valence-electron chi connectivity index (χ4n) is 3.15.